The molecule has 3 aromatic rings. The lowest BCUT2D eigenvalue weighted by Gasteiger charge is -2.39. The molecule has 3 aliphatic rings. The minimum absolute atomic E-state index is 0.00984. The van der Waals surface area contributed by atoms with Gasteiger partial charge in [0.2, 0.25) is 5.91 Å². The van der Waals surface area contributed by atoms with Crippen molar-refractivity contribution in [2.24, 2.45) is 11.3 Å². The van der Waals surface area contributed by atoms with Crippen molar-refractivity contribution in [1.29, 1.82) is 0 Å². The number of likely N-dealkylation sites (tertiary alicyclic amines) is 2. The number of nitrogens with one attached hydrogen (secondary N) is 1. The Morgan fingerprint density at radius 1 is 1.03 bits per heavy atom. The maximum atomic E-state index is 13.9. The van der Waals surface area contributed by atoms with Crippen LogP contribution in [0, 0.1) is 11.3 Å². The maximum Gasteiger partial charge on any atom is 0.250 e. The number of ketones is 1. The van der Waals surface area contributed by atoms with Gasteiger partial charge < -0.3 is 19.5 Å². The van der Waals surface area contributed by atoms with Crippen molar-refractivity contribution >= 4 is 34.6 Å². The first-order valence-corrected chi connectivity index (χ1v) is 13.7. The molecule has 0 radical (unpaired) electrons. The number of ether oxygens (including phenoxy) is 1. The highest BCUT2D eigenvalue weighted by atomic mass is 16.5. The number of benzene rings is 2. The van der Waals surface area contributed by atoms with E-state index in [1.54, 1.807) is 7.11 Å². The van der Waals surface area contributed by atoms with Gasteiger partial charge in [0.05, 0.1) is 30.8 Å². The number of Topliss-reactive ketones (excluding diaryl/α,β-unsaturated/α-hetero) is 1. The summed E-state index contributed by atoms with van der Waals surface area (Å²) in [6.45, 7) is 7.14. The number of methoxy groups -OCH3 is 1. The van der Waals surface area contributed by atoms with Gasteiger partial charge in [-0.05, 0) is 53.3 Å². The van der Waals surface area contributed by atoms with Crippen molar-refractivity contribution in [1.82, 2.24) is 14.8 Å². The molecule has 2 fully saturated rings. The average Bonchev–Trinajstić information content (AvgIpc) is 3.71. The van der Waals surface area contributed by atoms with Gasteiger partial charge in [0.1, 0.15) is 5.75 Å². The molecule has 2 bridgehead atoms. The number of para-hydroxylation sites is 1. The van der Waals surface area contributed by atoms with E-state index < -0.39 is 5.92 Å². The third-order valence-electron chi connectivity index (χ3n) is 8.69. The van der Waals surface area contributed by atoms with Crippen LogP contribution in [0.3, 0.4) is 0 Å². The van der Waals surface area contributed by atoms with Gasteiger partial charge in [-0.25, -0.2) is 0 Å². The van der Waals surface area contributed by atoms with Crippen molar-refractivity contribution in [3.63, 3.8) is 0 Å². The molecule has 2 aromatic carbocycles. The third-order valence-corrected chi connectivity index (χ3v) is 8.69. The summed E-state index contributed by atoms with van der Waals surface area (Å²) in [7, 11) is 1.64. The molecule has 1 N–H and O–H groups in total. The number of carbonyl (C=O) groups is 3. The molecule has 3 atom stereocenters. The molecule has 7 nitrogen and oxygen atoms in total. The predicted molar refractivity (Wildman–Crippen MR) is 150 cm³/mol. The zero-order valence-electron chi connectivity index (χ0n) is 23.0. The molecular formula is C32H35N3O4. The quantitative estimate of drug-likeness (QED) is 0.466. The number of aromatic nitrogens is 1. The van der Waals surface area contributed by atoms with E-state index in [1.807, 2.05) is 85.2 Å². The Balaban J connectivity index is 1.14. The van der Waals surface area contributed by atoms with Crippen molar-refractivity contribution in [3.8, 4) is 5.75 Å². The van der Waals surface area contributed by atoms with Gasteiger partial charge in [-0.3, -0.25) is 14.4 Å². The molecule has 2 aliphatic heterocycles. The van der Waals surface area contributed by atoms with E-state index >= 15 is 0 Å². The number of piperazine rings is 1. The van der Waals surface area contributed by atoms with Crippen molar-refractivity contribution < 1.29 is 19.1 Å². The molecule has 2 saturated heterocycles. The largest absolute Gasteiger partial charge is 0.497 e. The van der Waals surface area contributed by atoms with E-state index in [9.17, 15) is 14.4 Å². The van der Waals surface area contributed by atoms with Gasteiger partial charge in [-0.1, -0.05) is 45.0 Å². The molecule has 7 heteroatoms. The van der Waals surface area contributed by atoms with Gasteiger partial charge in [-0.15, -0.1) is 0 Å². The van der Waals surface area contributed by atoms with E-state index in [2.05, 4.69) is 4.98 Å². The zero-order valence-corrected chi connectivity index (χ0v) is 23.0. The molecule has 39 heavy (non-hydrogen) atoms. The number of H-pyrrole nitrogens is 1. The number of aromatic amines is 1. The van der Waals surface area contributed by atoms with Crippen LogP contribution in [-0.2, 0) is 16.0 Å². The normalized spacial score (nSPS) is 20.8. The van der Waals surface area contributed by atoms with Crippen LogP contribution >= 0.6 is 0 Å². The number of carbonyl (C=O) groups excluding carboxylic acids is 3. The number of nitrogens with zero attached hydrogens (tertiary/aromatic N) is 2. The molecule has 0 unspecified atom stereocenters. The summed E-state index contributed by atoms with van der Waals surface area (Å²) >= 11 is 0. The first kappa shape index (κ1) is 25.4. The Kier molecular flexibility index (Phi) is 6.12. The lowest BCUT2D eigenvalue weighted by Crippen LogP contribution is -2.53. The fourth-order valence-electron chi connectivity index (χ4n) is 6.43. The molecule has 1 aliphatic carbocycles. The Bertz CT molecular complexity index is 1480. The molecular weight excluding hydrogens is 490 g/mol. The summed E-state index contributed by atoms with van der Waals surface area (Å²) in [5.41, 5.74) is 4.04. The molecule has 1 aromatic heterocycles. The molecule has 2 amide bonds. The van der Waals surface area contributed by atoms with Gasteiger partial charge in [-0.2, -0.15) is 0 Å². The average molecular weight is 526 g/mol. The van der Waals surface area contributed by atoms with Crippen LogP contribution in [0.1, 0.15) is 55.2 Å². The first-order chi connectivity index (χ1) is 18.6. The predicted octanol–water partition coefficient (Wildman–Crippen LogP) is 4.86. The summed E-state index contributed by atoms with van der Waals surface area (Å²) in [4.78, 5) is 47.8. The summed E-state index contributed by atoms with van der Waals surface area (Å²) in [6.07, 6.45) is 3.54. The number of fused-ring (bicyclic) bond motifs is 4. The Morgan fingerprint density at radius 2 is 1.77 bits per heavy atom. The zero-order chi connectivity index (χ0) is 27.5. The van der Waals surface area contributed by atoms with Crippen LogP contribution in [0.2, 0.25) is 0 Å². The second kappa shape index (κ2) is 9.40. The van der Waals surface area contributed by atoms with Gasteiger partial charge in [0.15, 0.2) is 5.78 Å². The smallest absolute Gasteiger partial charge is 0.250 e. The van der Waals surface area contributed by atoms with Crippen LogP contribution in [-0.4, -0.2) is 64.7 Å². The molecule has 3 heterocycles. The van der Waals surface area contributed by atoms with Crippen LogP contribution in [0.15, 0.2) is 54.1 Å². The standard InChI is InChI=1S/C32H35N3O4/c1-32(2,3)26(16-29(36)28-14-20-7-5-6-8-27(20)33-28)31(38)35-18-23-15-24(35)17-34(23)30(37)22-11-19-9-10-25(39-4)13-21(19)12-22/h5-10,12-14,23-24,26,33H,11,15-18H2,1-4H3/t23-,24-,26+/m0/s1. The van der Waals surface area contributed by atoms with Crippen LogP contribution in [0.4, 0.5) is 0 Å². The van der Waals surface area contributed by atoms with Crippen molar-refractivity contribution in [2.45, 2.75) is 52.1 Å². The Morgan fingerprint density at radius 3 is 2.46 bits per heavy atom. The van der Waals surface area contributed by atoms with Gasteiger partial charge in [0, 0.05) is 42.4 Å². The maximum absolute atomic E-state index is 13.9. The Hall–Kier alpha value is -3.87. The molecule has 0 saturated carbocycles. The second-order valence-corrected chi connectivity index (χ2v) is 12.2. The van der Waals surface area contributed by atoms with E-state index in [4.69, 9.17) is 4.74 Å². The topological polar surface area (TPSA) is 82.7 Å². The highest BCUT2D eigenvalue weighted by Gasteiger charge is 2.50. The monoisotopic (exact) mass is 525 g/mol. The number of hydrogen-bond donors (Lipinski definition) is 1. The Labute approximate surface area is 228 Å². The lowest BCUT2D eigenvalue weighted by molar-refractivity contribution is -0.144. The number of hydrogen-bond acceptors (Lipinski definition) is 4. The number of amides is 2. The second-order valence-electron chi connectivity index (χ2n) is 12.2. The van der Waals surface area contributed by atoms with Gasteiger partial charge >= 0.3 is 0 Å². The lowest BCUT2D eigenvalue weighted by atomic mass is 9.76. The van der Waals surface area contributed by atoms with E-state index in [-0.39, 0.29) is 41.5 Å². The number of rotatable bonds is 6. The van der Waals surface area contributed by atoms with Crippen LogP contribution < -0.4 is 4.74 Å². The molecule has 202 valence electrons. The third kappa shape index (κ3) is 4.54. The first-order valence-electron chi connectivity index (χ1n) is 13.7. The van der Waals surface area contributed by atoms with E-state index in [1.165, 1.54) is 0 Å². The highest BCUT2D eigenvalue weighted by Crippen LogP contribution is 2.39. The van der Waals surface area contributed by atoms with Crippen LogP contribution in [0.5, 0.6) is 5.75 Å². The molecule has 6 rings (SSSR count). The van der Waals surface area contributed by atoms with Crippen LogP contribution in [0.25, 0.3) is 17.0 Å². The summed E-state index contributed by atoms with van der Waals surface area (Å²) in [5.74, 6) is 0.369. The highest BCUT2D eigenvalue weighted by molar-refractivity contribution is 6.02. The fraction of sp³-hybridized carbons (Fsp3) is 0.406. The van der Waals surface area contributed by atoms with E-state index in [0.29, 0.717) is 25.2 Å². The van der Waals surface area contributed by atoms with Gasteiger partial charge in [0.25, 0.3) is 5.91 Å². The van der Waals surface area contributed by atoms with Crippen molar-refractivity contribution in [2.75, 3.05) is 20.2 Å². The molecule has 0 spiro atoms. The summed E-state index contributed by atoms with van der Waals surface area (Å²) in [5, 5.41) is 0.987. The van der Waals surface area contributed by atoms with E-state index in [0.717, 1.165) is 39.8 Å². The SMILES string of the molecule is COc1ccc2c(c1)C=C(C(=O)N1C[C@@H]3C[C@H]1CN3C(=O)[C@@H](CC(=O)c1cc3ccccc3[nH]1)C(C)(C)C)C2. The summed E-state index contributed by atoms with van der Waals surface area (Å²) in [6, 6.07) is 15.6. The fourth-order valence-corrected chi connectivity index (χ4v) is 6.43. The van der Waals surface area contributed by atoms with Crippen molar-refractivity contribution in [3.05, 3.63) is 70.9 Å². The minimum Gasteiger partial charge on any atom is -0.497 e. The summed E-state index contributed by atoms with van der Waals surface area (Å²) < 4.78 is 5.33. The minimum atomic E-state index is -0.443.